The fourth-order valence-electron chi connectivity index (χ4n) is 1.76. The van der Waals surface area contributed by atoms with Gasteiger partial charge in [0.1, 0.15) is 0 Å². The largest absolute Gasteiger partial charge is 0.393 e. The standard InChI is InChI=1S/C14H22O2/c1-3-16-10-6-9-14(15)11-13-8-5-4-7-12(13)2/h4-5,7-8,14-15H,3,6,9-11H2,1-2H3. The Morgan fingerprint density at radius 2 is 2.06 bits per heavy atom. The maximum Gasteiger partial charge on any atom is 0.0581 e. The molecule has 0 heterocycles. The second kappa shape index (κ2) is 7.42. The first kappa shape index (κ1) is 13.2. The van der Waals surface area contributed by atoms with Crippen molar-refractivity contribution in [2.24, 2.45) is 0 Å². The molecule has 2 nitrogen and oxygen atoms in total. The summed E-state index contributed by atoms with van der Waals surface area (Å²) in [6, 6.07) is 8.22. The Hall–Kier alpha value is -0.860. The number of aryl methyl sites for hydroxylation is 1. The van der Waals surface area contributed by atoms with Crippen molar-refractivity contribution in [3.8, 4) is 0 Å². The Kier molecular flexibility index (Phi) is 6.12. The van der Waals surface area contributed by atoms with Gasteiger partial charge in [-0.05, 0) is 44.2 Å². The van der Waals surface area contributed by atoms with Crippen LogP contribution >= 0.6 is 0 Å². The van der Waals surface area contributed by atoms with Crippen LogP contribution in [0.15, 0.2) is 24.3 Å². The monoisotopic (exact) mass is 222 g/mol. The van der Waals surface area contributed by atoms with Gasteiger partial charge in [-0.15, -0.1) is 0 Å². The molecule has 1 N–H and O–H groups in total. The van der Waals surface area contributed by atoms with E-state index in [-0.39, 0.29) is 6.10 Å². The lowest BCUT2D eigenvalue weighted by Crippen LogP contribution is -2.12. The quantitative estimate of drug-likeness (QED) is 0.719. The molecule has 1 unspecified atom stereocenters. The molecular weight excluding hydrogens is 200 g/mol. The zero-order valence-electron chi connectivity index (χ0n) is 10.3. The molecule has 90 valence electrons. The van der Waals surface area contributed by atoms with Crippen molar-refractivity contribution in [3.05, 3.63) is 35.4 Å². The van der Waals surface area contributed by atoms with Gasteiger partial charge in [-0.2, -0.15) is 0 Å². The highest BCUT2D eigenvalue weighted by molar-refractivity contribution is 5.26. The minimum atomic E-state index is -0.249. The first-order chi connectivity index (χ1) is 7.74. The van der Waals surface area contributed by atoms with E-state index in [9.17, 15) is 5.11 Å². The molecule has 0 aliphatic rings. The minimum absolute atomic E-state index is 0.249. The summed E-state index contributed by atoms with van der Waals surface area (Å²) in [5.74, 6) is 0. The second-order valence-corrected chi connectivity index (χ2v) is 4.12. The zero-order chi connectivity index (χ0) is 11.8. The van der Waals surface area contributed by atoms with Crippen molar-refractivity contribution in [1.29, 1.82) is 0 Å². The smallest absolute Gasteiger partial charge is 0.0581 e. The van der Waals surface area contributed by atoms with Crippen molar-refractivity contribution >= 4 is 0 Å². The van der Waals surface area contributed by atoms with E-state index in [0.717, 1.165) is 32.5 Å². The van der Waals surface area contributed by atoms with E-state index >= 15 is 0 Å². The highest BCUT2D eigenvalue weighted by atomic mass is 16.5. The number of aliphatic hydroxyl groups is 1. The molecule has 0 spiro atoms. The fourth-order valence-corrected chi connectivity index (χ4v) is 1.76. The molecule has 0 fully saturated rings. The third-order valence-corrected chi connectivity index (χ3v) is 2.75. The van der Waals surface area contributed by atoms with E-state index in [0.29, 0.717) is 0 Å². The van der Waals surface area contributed by atoms with E-state index in [2.05, 4.69) is 19.1 Å². The lowest BCUT2D eigenvalue weighted by Gasteiger charge is -2.12. The third kappa shape index (κ3) is 4.77. The molecule has 16 heavy (non-hydrogen) atoms. The van der Waals surface area contributed by atoms with Crippen LogP contribution in [0.25, 0.3) is 0 Å². The van der Waals surface area contributed by atoms with Gasteiger partial charge in [-0.25, -0.2) is 0 Å². The zero-order valence-corrected chi connectivity index (χ0v) is 10.3. The van der Waals surface area contributed by atoms with Crippen LogP contribution in [0.4, 0.5) is 0 Å². The molecule has 1 aromatic rings. The number of hydrogen-bond acceptors (Lipinski definition) is 2. The van der Waals surface area contributed by atoms with Gasteiger partial charge in [-0.1, -0.05) is 24.3 Å². The summed E-state index contributed by atoms with van der Waals surface area (Å²) < 4.78 is 5.25. The maximum atomic E-state index is 9.87. The molecule has 0 amide bonds. The van der Waals surface area contributed by atoms with Gasteiger partial charge in [0.2, 0.25) is 0 Å². The van der Waals surface area contributed by atoms with Crippen molar-refractivity contribution < 1.29 is 9.84 Å². The molecule has 0 saturated carbocycles. The van der Waals surface area contributed by atoms with Crippen LogP contribution in [0.5, 0.6) is 0 Å². The van der Waals surface area contributed by atoms with Gasteiger partial charge in [0.15, 0.2) is 0 Å². The second-order valence-electron chi connectivity index (χ2n) is 4.12. The first-order valence-electron chi connectivity index (χ1n) is 6.04. The van der Waals surface area contributed by atoms with Crippen molar-refractivity contribution in [3.63, 3.8) is 0 Å². The van der Waals surface area contributed by atoms with Gasteiger partial charge in [0, 0.05) is 13.2 Å². The summed E-state index contributed by atoms with van der Waals surface area (Å²) >= 11 is 0. The van der Waals surface area contributed by atoms with Crippen LogP contribution in [0.2, 0.25) is 0 Å². The highest BCUT2D eigenvalue weighted by Gasteiger charge is 2.06. The molecule has 1 rings (SSSR count). The summed E-state index contributed by atoms with van der Waals surface area (Å²) in [7, 11) is 0. The van der Waals surface area contributed by atoms with Crippen LogP contribution in [0, 0.1) is 6.92 Å². The molecule has 0 aromatic heterocycles. The summed E-state index contributed by atoms with van der Waals surface area (Å²) in [5, 5.41) is 9.87. The molecule has 0 radical (unpaired) electrons. The fraction of sp³-hybridized carbons (Fsp3) is 0.571. The Morgan fingerprint density at radius 3 is 2.75 bits per heavy atom. The van der Waals surface area contributed by atoms with Crippen LogP contribution in [-0.2, 0) is 11.2 Å². The Bertz CT molecular complexity index is 297. The molecule has 0 bridgehead atoms. The molecule has 0 aliphatic heterocycles. The van der Waals surface area contributed by atoms with Gasteiger partial charge < -0.3 is 9.84 Å². The predicted molar refractivity (Wildman–Crippen MR) is 66.6 cm³/mol. The number of rotatable bonds is 7. The molecule has 2 heteroatoms. The Labute approximate surface area is 98.3 Å². The number of aliphatic hydroxyl groups excluding tert-OH is 1. The van der Waals surface area contributed by atoms with E-state index in [1.165, 1.54) is 11.1 Å². The number of hydrogen-bond donors (Lipinski definition) is 1. The topological polar surface area (TPSA) is 29.5 Å². The third-order valence-electron chi connectivity index (χ3n) is 2.75. The summed E-state index contributed by atoms with van der Waals surface area (Å²) in [4.78, 5) is 0. The molecular formula is C14H22O2. The van der Waals surface area contributed by atoms with E-state index in [1.807, 2.05) is 19.1 Å². The molecule has 0 saturated heterocycles. The van der Waals surface area contributed by atoms with Crippen LogP contribution in [0.1, 0.15) is 30.9 Å². The molecule has 1 atom stereocenters. The van der Waals surface area contributed by atoms with Gasteiger partial charge in [-0.3, -0.25) is 0 Å². The van der Waals surface area contributed by atoms with Crippen molar-refractivity contribution in [2.45, 2.75) is 39.2 Å². The predicted octanol–water partition coefficient (Wildman–Crippen LogP) is 2.72. The van der Waals surface area contributed by atoms with Crippen LogP contribution in [0.3, 0.4) is 0 Å². The lowest BCUT2D eigenvalue weighted by molar-refractivity contribution is 0.114. The van der Waals surface area contributed by atoms with E-state index < -0.39 is 0 Å². The minimum Gasteiger partial charge on any atom is -0.393 e. The highest BCUT2D eigenvalue weighted by Crippen LogP contribution is 2.12. The summed E-state index contributed by atoms with van der Waals surface area (Å²) in [6.07, 6.45) is 2.25. The van der Waals surface area contributed by atoms with Crippen molar-refractivity contribution in [1.82, 2.24) is 0 Å². The average Bonchev–Trinajstić information content (AvgIpc) is 2.28. The van der Waals surface area contributed by atoms with E-state index in [4.69, 9.17) is 4.74 Å². The van der Waals surface area contributed by atoms with Crippen LogP contribution < -0.4 is 0 Å². The summed E-state index contributed by atoms with van der Waals surface area (Å²) in [6.45, 7) is 5.58. The molecule has 0 aliphatic carbocycles. The SMILES string of the molecule is CCOCCCC(O)Cc1ccccc1C. The van der Waals surface area contributed by atoms with Gasteiger partial charge >= 0.3 is 0 Å². The number of ether oxygens (including phenoxy) is 1. The maximum absolute atomic E-state index is 9.87. The Balaban J connectivity index is 2.28. The van der Waals surface area contributed by atoms with Crippen molar-refractivity contribution in [2.75, 3.05) is 13.2 Å². The normalized spacial score (nSPS) is 12.7. The first-order valence-corrected chi connectivity index (χ1v) is 6.04. The van der Waals surface area contributed by atoms with E-state index in [1.54, 1.807) is 0 Å². The van der Waals surface area contributed by atoms with Gasteiger partial charge in [0.05, 0.1) is 6.10 Å². The number of benzene rings is 1. The van der Waals surface area contributed by atoms with Crippen LogP contribution in [-0.4, -0.2) is 24.4 Å². The molecule has 1 aromatic carbocycles. The summed E-state index contributed by atoms with van der Waals surface area (Å²) in [5.41, 5.74) is 2.50. The average molecular weight is 222 g/mol. The lowest BCUT2D eigenvalue weighted by atomic mass is 10.0. The van der Waals surface area contributed by atoms with Gasteiger partial charge in [0.25, 0.3) is 0 Å². The Morgan fingerprint density at radius 1 is 1.31 bits per heavy atom.